The molecular formula is C23H26N6O. The van der Waals surface area contributed by atoms with Gasteiger partial charge in [-0.25, -0.2) is 0 Å². The summed E-state index contributed by atoms with van der Waals surface area (Å²) in [6.45, 7) is 6.19. The van der Waals surface area contributed by atoms with Gasteiger partial charge in [0.1, 0.15) is 6.54 Å². The molecule has 5 rings (SSSR count). The van der Waals surface area contributed by atoms with Crippen molar-refractivity contribution in [1.82, 2.24) is 25.1 Å². The molecule has 154 valence electrons. The predicted octanol–water partition coefficient (Wildman–Crippen LogP) is 2.79. The summed E-state index contributed by atoms with van der Waals surface area (Å²) in [7, 11) is 2.16. The molecule has 0 unspecified atom stereocenters. The van der Waals surface area contributed by atoms with Crippen LogP contribution in [-0.2, 0) is 11.3 Å². The molecule has 1 saturated heterocycles. The topological polar surface area (TPSA) is 67.2 Å². The summed E-state index contributed by atoms with van der Waals surface area (Å²) in [5.41, 5.74) is 5.58. The first-order valence-corrected chi connectivity index (χ1v) is 10.5. The van der Waals surface area contributed by atoms with Gasteiger partial charge in [0.15, 0.2) is 0 Å². The quantitative estimate of drug-likeness (QED) is 0.674. The number of hydrogen-bond acceptors (Lipinski definition) is 5. The minimum Gasteiger partial charge on any atom is -0.307 e. The van der Waals surface area contributed by atoms with E-state index >= 15 is 0 Å². The fraction of sp³-hybridized carbons (Fsp3) is 0.391. The van der Waals surface area contributed by atoms with Crippen LogP contribution in [0, 0.1) is 13.8 Å². The van der Waals surface area contributed by atoms with Crippen molar-refractivity contribution < 1.29 is 4.79 Å². The molecule has 7 nitrogen and oxygen atoms in total. The molecule has 0 spiro atoms. The zero-order valence-electron chi connectivity index (χ0n) is 17.6. The molecule has 0 aliphatic carbocycles. The highest BCUT2D eigenvalue weighted by molar-refractivity contribution is 5.96. The lowest BCUT2D eigenvalue weighted by Crippen LogP contribution is -2.48. The number of carbonyl (C=O) groups is 1. The first-order valence-electron chi connectivity index (χ1n) is 10.5. The Bertz CT molecular complexity index is 1110. The summed E-state index contributed by atoms with van der Waals surface area (Å²) < 4.78 is 0. The number of likely N-dealkylation sites (tertiary alicyclic amines) is 1. The number of tetrazole rings is 1. The van der Waals surface area contributed by atoms with Crippen molar-refractivity contribution >= 4 is 11.6 Å². The number of nitrogens with zero attached hydrogens (tertiary/aromatic N) is 6. The van der Waals surface area contributed by atoms with E-state index < -0.39 is 0 Å². The van der Waals surface area contributed by atoms with Crippen LogP contribution in [0.25, 0.3) is 11.4 Å². The lowest BCUT2D eigenvalue weighted by molar-refractivity contribution is -0.120. The monoisotopic (exact) mass is 402 g/mol. The van der Waals surface area contributed by atoms with E-state index in [4.69, 9.17) is 0 Å². The summed E-state index contributed by atoms with van der Waals surface area (Å²) in [4.78, 5) is 19.2. The standard InChI is InChI=1S/C23H26N6O/c1-15-8-9-20-18(12-15)19-13-27(3)11-10-21(19)29(20)22(30)14-28-25-23(24-26-28)17-7-5-4-6-16(17)2/h4-9,12,19,21H,10-11,13-14H2,1-3H3/t19-,21+/m0/s1. The number of aromatic nitrogens is 4. The van der Waals surface area contributed by atoms with Crippen LogP contribution in [-0.4, -0.2) is 57.2 Å². The van der Waals surface area contributed by atoms with Gasteiger partial charge in [0, 0.05) is 29.8 Å². The van der Waals surface area contributed by atoms with Gasteiger partial charge in [-0.1, -0.05) is 42.0 Å². The van der Waals surface area contributed by atoms with Gasteiger partial charge in [-0.15, -0.1) is 10.2 Å². The molecule has 0 bridgehead atoms. The molecule has 3 heterocycles. The highest BCUT2D eigenvalue weighted by Crippen LogP contribution is 2.45. The van der Waals surface area contributed by atoms with Crippen molar-refractivity contribution in [2.75, 3.05) is 25.0 Å². The lowest BCUT2D eigenvalue weighted by Gasteiger charge is -2.36. The number of benzene rings is 2. The molecule has 0 N–H and O–H groups in total. The van der Waals surface area contributed by atoms with Gasteiger partial charge in [-0.3, -0.25) is 4.79 Å². The first-order chi connectivity index (χ1) is 14.5. The molecule has 1 amide bonds. The number of piperidine rings is 1. The van der Waals surface area contributed by atoms with Crippen molar-refractivity contribution in [2.45, 2.75) is 38.8 Å². The van der Waals surface area contributed by atoms with Gasteiger partial charge in [0.2, 0.25) is 5.82 Å². The molecule has 2 aliphatic heterocycles. The number of anilines is 1. The number of aryl methyl sites for hydroxylation is 2. The second kappa shape index (κ2) is 7.32. The van der Waals surface area contributed by atoms with Crippen LogP contribution in [0.2, 0.25) is 0 Å². The molecule has 1 fully saturated rings. The van der Waals surface area contributed by atoms with E-state index in [1.165, 1.54) is 15.9 Å². The number of carbonyl (C=O) groups excluding carboxylic acids is 1. The highest BCUT2D eigenvalue weighted by Gasteiger charge is 2.43. The number of rotatable bonds is 3. The summed E-state index contributed by atoms with van der Waals surface area (Å²) in [6, 6.07) is 14.5. The van der Waals surface area contributed by atoms with Gasteiger partial charge in [-0.05, 0) is 56.3 Å². The normalized spacial score (nSPS) is 20.8. The fourth-order valence-electron chi connectivity index (χ4n) is 4.84. The zero-order chi connectivity index (χ0) is 20.8. The minimum absolute atomic E-state index is 0.0193. The molecule has 7 heteroatoms. The number of likely N-dealkylation sites (N-methyl/N-ethyl adjacent to an activating group) is 1. The first kappa shape index (κ1) is 18.9. The molecule has 2 aromatic carbocycles. The molecule has 2 atom stereocenters. The van der Waals surface area contributed by atoms with Gasteiger partial charge >= 0.3 is 0 Å². The van der Waals surface area contributed by atoms with E-state index in [1.54, 1.807) is 0 Å². The van der Waals surface area contributed by atoms with Gasteiger partial charge in [-0.2, -0.15) is 4.80 Å². The number of amides is 1. The maximum Gasteiger partial charge on any atom is 0.250 e. The van der Waals surface area contributed by atoms with Crippen LogP contribution in [0.1, 0.15) is 29.0 Å². The maximum absolute atomic E-state index is 13.4. The summed E-state index contributed by atoms with van der Waals surface area (Å²) in [5, 5.41) is 12.8. The fourth-order valence-corrected chi connectivity index (χ4v) is 4.84. The Morgan fingerprint density at radius 2 is 2.00 bits per heavy atom. The Morgan fingerprint density at radius 1 is 1.17 bits per heavy atom. The Hall–Kier alpha value is -3.06. The Balaban J connectivity index is 1.42. The van der Waals surface area contributed by atoms with Crippen LogP contribution in [0.5, 0.6) is 0 Å². The number of hydrogen-bond donors (Lipinski definition) is 0. The molecule has 0 radical (unpaired) electrons. The van der Waals surface area contributed by atoms with Crippen LogP contribution in [0.4, 0.5) is 5.69 Å². The highest BCUT2D eigenvalue weighted by atomic mass is 16.2. The van der Waals surface area contributed by atoms with Crippen molar-refractivity contribution in [3.05, 3.63) is 59.2 Å². The van der Waals surface area contributed by atoms with Crippen LogP contribution >= 0.6 is 0 Å². The van der Waals surface area contributed by atoms with E-state index in [0.29, 0.717) is 11.7 Å². The zero-order valence-corrected chi connectivity index (χ0v) is 17.6. The molecule has 3 aromatic rings. The van der Waals surface area contributed by atoms with Crippen molar-refractivity contribution in [3.8, 4) is 11.4 Å². The lowest BCUT2D eigenvalue weighted by atomic mass is 9.89. The molecule has 30 heavy (non-hydrogen) atoms. The van der Waals surface area contributed by atoms with Crippen molar-refractivity contribution in [2.24, 2.45) is 0 Å². The molecular weight excluding hydrogens is 376 g/mol. The van der Waals surface area contributed by atoms with Crippen LogP contribution in [0.15, 0.2) is 42.5 Å². The van der Waals surface area contributed by atoms with E-state index in [9.17, 15) is 4.79 Å². The summed E-state index contributed by atoms with van der Waals surface area (Å²) >= 11 is 0. The van der Waals surface area contributed by atoms with E-state index in [1.807, 2.05) is 36.1 Å². The van der Waals surface area contributed by atoms with Gasteiger partial charge in [0.25, 0.3) is 5.91 Å². The van der Waals surface area contributed by atoms with Crippen LogP contribution in [0.3, 0.4) is 0 Å². The van der Waals surface area contributed by atoms with Crippen molar-refractivity contribution in [1.29, 1.82) is 0 Å². The third kappa shape index (κ3) is 3.19. The van der Waals surface area contributed by atoms with Gasteiger partial charge in [0.05, 0.1) is 0 Å². The second-order valence-electron chi connectivity index (χ2n) is 8.51. The summed E-state index contributed by atoms with van der Waals surface area (Å²) in [6.07, 6.45) is 0.972. The molecule has 2 aliphatic rings. The van der Waals surface area contributed by atoms with Crippen LogP contribution < -0.4 is 4.90 Å². The minimum atomic E-state index is 0.0193. The van der Waals surface area contributed by atoms with E-state index in [0.717, 1.165) is 36.3 Å². The van der Waals surface area contributed by atoms with Crippen molar-refractivity contribution in [3.63, 3.8) is 0 Å². The van der Waals surface area contributed by atoms with E-state index in [2.05, 4.69) is 52.5 Å². The average Bonchev–Trinajstić information content (AvgIpc) is 3.30. The maximum atomic E-state index is 13.4. The molecule has 0 saturated carbocycles. The second-order valence-corrected chi connectivity index (χ2v) is 8.51. The summed E-state index contributed by atoms with van der Waals surface area (Å²) in [5.74, 6) is 0.926. The smallest absolute Gasteiger partial charge is 0.250 e. The Kier molecular flexibility index (Phi) is 4.62. The SMILES string of the molecule is Cc1ccc2c(c1)[C@@H]1CN(C)CC[C@H]1N2C(=O)Cn1nnc(-c2ccccc2C)n1. The van der Waals surface area contributed by atoms with E-state index in [-0.39, 0.29) is 18.5 Å². The Labute approximate surface area is 176 Å². The van der Waals surface area contributed by atoms with Gasteiger partial charge < -0.3 is 9.80 Å². The molecule has 1 aromatic heterocycles. The average molecular weight is 403 g/mol. The third-order valence-electron chi connectivity index (χ3n) is 6.34. The third-order valence-corrected chi connectivity index (χ3v) is 6.34. The largest absolute Gasteiger partial charge is 0.307 e. The Morgan fingerprint density at radius 3 is 2.83 bits per heavy atom. The predicted molar refractivity (Wildman–Crippen MR) is 115 cm³/mol. The number of fused-ring (bicyclic) bond motifs is 3.